The molecule has 0 radical (unpaired) electrons. The Kier molecular flexibility index (Phi) is 5.89. The molecule has 0 spiro atoms. The van der Waals surface area contributed by atoms with Crippen LogP contribution in [0.25, 0.3) is 5.57 Å². The molecule has 0 atom stereocenters. The van der Waals surface area contributed by atoms with E-state index in [-0.39, 0.29) is 6.09 Å². The zero-order valence-electron chi connectivity index (χ0n) is 16.1. The summed E-state index contributed by atoms with van der Waals surface area (Å²) in [5.41, 5.74) is 5.67. The minimum absolute atomic E-state index is 0.235. The van der Waals surface area contributed by atoms with E-state index in [4.69, 9.17) is 4.74 Å². The first kappa shape index (κ1) is 19.0. The van der Waals surface area contributed by atoms with E-state index in [9.17, 15) is 4.79 Å². The molecule has 1 amide bonds. The van der Waals surface area contributed by atoms with Gasteiger partial charge in [-0.25, -0.2) is 4.79 Å². The van der Waals surface area contributed by atoms with Crippen LogP contribution in [0.15, 0.2) is 48.6 Å². The van der Waals surface area contributed by atoms with Crippen molar-refractivity contribution in [1.82, 2.24) is 4.90 Å². The summed E-state index contributed by atoms with van der Waals surface area (Å²) in [7, 11) is 0. The van der Waals surface area contributed by atoms with Crippen LogP contribution in [0.3, 0.4) is 0 Å². The van der Waals surface area contributed by atoms with Crippen molar-refractivity contribution < 1.29 is 9.53 Å². The molecule has 134 valence electrons. The lowest BCUT2D eigenvalue weighted by molar-refractivity contribution is 0.0224. The number of hydrogen-bond donors (Lipinski definition) is 0. The summed E-state index contributed by atoms with van der Waals surface area (Å²) in [6, 6.07) is 6.51. The highest BCUT2D eigenvalue weighted by Crippen LogP contribution is 2.28. The lowest BCUT2D eigenvalue weighted by Crippen LogP contribution is -2.39. The van der Waals surface area contributed by atoms with Crippen molar-refractivity contribution >= 4 is 11.7 Å². The van der Waals surface area contributed by atoms with Crippen LogP contribution in [0, 0.1) is 0 Å². The third-order valence-electron chi connectivity index (χ3n) is 4.26. The summed E-state index contributed by atoms with van der Waals surface area (Å²) in [6.07, 6.45) is 6.59. The Morgan fingerprint density at radius 2 is 2.00 bits per heavy atom. The van der Waals surface area contributed by atoms with Crippen molar-refractivity contribution in [3.05, 3.63) is 65.3 Å². The second-order valence-corrected chi connectivity index (χ2v) is 7.42. The third-order valence-corrected chi connectivity index (χ3v) is 4.26. The normalized spacial score (nSPS) is 15.6. The van der Waals surface area contributed by atoms with E-state index in [1.807, 2.05) is 32.9 Å². The molecule has 1 heterocycles. The molecule has 0 aromatic heterocycles. The summed E-state index contributed by atoms with van der Waals surface area (Å²) in [4.78, 5) is 14.1. The minimum atomic E-state index is -0.461. The summed E-state index contributed by atoms with van der Waals surface area (Å²) in [6.45, 7) is 14.9. The topological polar surface area (TPSA) is 29.5 Å². The Morgan fingerprint density at radius 1 is 1.28 bits per heavy atom. The van der Waals surface area contributed by atoms with Crippen molar-refractivity contribution in [2.24, 2.45) is 0 Å². The Balaban J connectivity index is 2.20. The van der Waals surface area contributed by atoms with E-state index >= 15 is 0 Å². The Bertz CT molecular complexity index is 720. The fourth-order valence-electron chi connectivity index (χ4n) is 3.09. The zero-order valence-corrected chi connectivity index (χ0v) is 16.1. The smallest absolute Gasteiger partial charge is 0.410 e. The van der Waals surface area contributed by atoms with Crippen LogP contribution < -0.4 is 0 Å². The molecule has 0 aliphatic carbocycles. The van der Waals surface area contributed by atoms with Gasteiger partial charge in [0.05, 0.1) is 0 Å². The van der Waals surface area contributed by atoms with E-state index < -0.39 is 5.60 Å². The van der Waals surface area contributed by atoms with Crippen LogP contribution in [-0.2, 0) is 17.7 Å². The van der Waals surface area contributed by atoms with Crippen molar-refractivity contribution in [3.8, 4) is 0 Å². The Morgan fingerprint density at radius 3 is 2.60 bits per heavy atom. The van der Waals surface area contributed by atoms with Gasteiger partial charge in [-0.15, -0.1) is 0 Å². The number of ether oxygens (including phenoxy) is 1. The lowest BCUT2D eigenvalue weighted by atomic mass is 9.92. The summed E-state index contributed by atoms with van der Waals surface area (Å²) in [5.74, 6) is 0. The molecule has 3 nitrogen and oxygen atoms in total. The van der Waals surface area contributed by atoms with Crippen LogP contribution >= 0.6 is 0 Å². The Labute approximate surface area is 151 Å². The van der Waals surface area contributed by atoms with Gasteiger partial charge in [-0.05, 0) is 68.9 Å². The molecule has 1 aliphatic rings. The molecule has 0 saturated heterocycles. The molecule has 1 aromatic rings. The van der Waals surface area contributed by atoms with Crippen molar-refractivity contribution in [2.45, 2.75) is 53.2 Å². The summed E-state index contributed by atoms with van der Waals surface area (Å²) < 4.78 is 5.49. The lowest BCUT2D eigenvalue weighted by Gasteiger charge is -2.31. The molecule has 0 N–H and O–H groups in total. The molecule has 0 fully saturated rings. The number of hydrogen-bond acceptors (Lipinski definition) is 2. The number of rotatable bonds is 3. The molecule has 0 unspecified atom stereocenters. The second-order valence-electron chi connectivity index (χ2n) is 7.42. The van der Waals surface area contributed by atoms with Gasteiger partial charge in [0.1, 0.15) is 5.60 Å². The summed E-state index contributed by atoms with van der Waals surface area (Å²) >= 11 is 0. The van der Waals surface area contributed by atoms with Gasteiger partial charge in [-0.1, -0.05) is 43.0 Å². The van der Waals surface area contributed by atoms with Crippen LogP contribution in [0.2, 0.25) is 0 Å². The fraction of sp³-hybridized carbons (Fsp3) is 0.409. The first-order valence-corrected chi connectivity index (χ1v) is 8.81. The molecule has 2 rings (SSSR count). The van der Waals surface area contributed by atoms with Crippen LogP contribution in [0.1, 0.15) is 51.3 Å². The molecule has 25 heavy (non-hydrogen) atoms. The van der Waals surface area contributed by atoms with Crippen LogP contribution in [-0.4, -0.2) is 23.1 Å². The van der Waals surface area contributed by atoms with Gasteiger partial charge in [0.2, 0.25) is 0 Å². The average molecular weight is 339 g/mol. The molecule has 1 aromatic carbocycles. The fourth-order valence-corrected chi connectivity index (χ4v) is 3.09. The van der Waals surface area contributed by atoms with Crippen molar-refractivity contribution in [1.29, 1.82) is 0 Å². The monoisotopic (exact) mass is 339 g/mol. The van der Waals surface area contributed by atoms with Gasteiger partial charge in [-0.2, -0.15) is 0 Å². The SMILES string of the molecule is C=C/C=C(C)\C(=C/C)c1ccc2c(c1)CCN(C(=O)OC(C)(C)C)C2. The van der Waals surface area contributed by atoms with Crippen LogP contribution in [0.5, 0.6) is 0 Å². The van der Waals surface area contributed by atoms with Gasteiger partial charge in [0.25, 0.3) is 0 Å². The maximum absolute atomic E-state index is 12.3. The predicted molar refractivity (Wildman–Crippen MR) is 104 cm³/mol. The minimum Gasteiger partial charge on any atom is -0.444 e. The largest absolute Gasteiger partial charge is 0.444 e. The highest BCUT2D eigenvalue weighted by molar-refractivity contribution is 5.79. The number of carbonyl (C=O) groups excluding carboxylic acids is 1. The molecule has 0 saturated carbocycles. The standard InChI is InChI=1S/C22H29NO2/c1-7-9-16(3)20(8-2)18-10-11-19-15-23(13-12-17(19)14-18)21(24)25-22(4,5)6/h7-11,14H,1,12-13,15H2,2-6H3/b16-9-,20-8+. The molecular weight excluding hydrogens is 310 g/mol. The van der Waals surface area contributed by atoms with E-state index in [1.165, 1.54) is 27.8 Å². The highest BCUT2D eigenvalue weighted by Gasteiger charge is 2.25. The quantitative estimate of drug-likeness (QED) is 0.679. The summed E-state index contributed by atoms with van der Waals surface area (Å²) in [5, 5.41) is 0. The van der Waals surface area contributed by atoms with Crippen molar-refractivity contribution in [2.75, 3.05) is 6.54 Å². The van der Waals surface area contributed by atoms with Gasteiger partial charge < -0.3 is 9.64 Å². The number of carbonyl (C=O) groups is 1. The van der Waals surface area contributed by atoms with E-state index in [0.717, 1.165) is 6.42 Å². The molecule has 1 aliphatic heterocycles. The van der Waals surface area contributed by atoms with E-state index in [0.29, 0.717) is 13.1 Å². The average Bonchev–Trinajstić information content (AvgIpc) is 2.53. The number of amides is 1. The number of benzene rings is 1. The Hall–Kier alpha value is -2.29. The molecule has 3 heteroatoms. The maximum Gasteiger partial charge on any atom is 0.410 e. The van der Waals surface area contributed by atoms with Gasteiger partial charge in [-0.3, -0.25) is 0 Å². The number of nitrogens with zero attached hydrogens (tertiary/aromatic N) is 1. The predicted octanol–water partition coefficient (Wildman–Crippen LogP) is 5.52. The first-order valence-electron chi connectivity index (χ1n) is 8.81. The van der Waals surface area contributed by atoms with Gasteiger partial charge in [0, 0.05) is 13.1 Å². The number of allylic oxidation sites excluding steroid dienone is 5. The second kappa shape index (κ2) is 7.73. The van der Waals surface area contributed by atoms with Crippen LogP contribution in [0.4, 0.5) is 4.79 Å². The van der Waals surface area contributed by atoms with E-state index in [2.05, 4.69) is 44.7 Å². The molecular formula is C22H29NO2. The zero-order chi connectivity index (χ0) is 18.6. The molecule has 0 bridgehead atoms. The van der Waals surface area contributed by atoms with Gasteiger partial charge >= 0.3 is 6.09 Å². The number of fused-ring (bicyclic) bond motifs is 1. The third kappa shape index (κ3) is 4.85. The maximum atomic E-state index is 12.3. The van der Waals surface area contributed by atoms with Gasteiger partial charge in [0.15, 0.2) is 0 Å². The highest BCUT2D eigenvalue weighted by atomic mass is 16.6. The first-order chi connectivity index (χ1) is 11.7. The van der Waals surface area contributed by atoms with Crippen molar-refractivity contribution in [3.63, 3.8) is 0 Å². The van der Waals surface area contributed by atoms with E-state index in [1.54, 1.807) is 4.90 Å².